The third-order valence-electron chi connectivity index (χ3n) is 5.43. The molecule has 3 amide bonds. The standard InChI is InChI=1S/C14H18N4O3.C12H15NO3/c1-3-4-9-15-13(19)18-11-8-6-5-7-10(11)16-12(18)17-14(20)21-2;1-12(2)7-8-5-4-6-9(10(8)16-12)15-11(14)13-3/h5-8H,3-4,9H2,1-2H3,(H,15,19)(H,16,17,20);4-6H,7H2,1-3H3,(H,13,14). The highest BCUT2D eigenvalue weighted by Gasteiger charge is 2.32. The fourth-order valence-corrected chi connectivity index (χ4v) is 3.73. The molecule has 3 aromatic rings. The first-order valence-electron chi connectivity index (χ1n) is 12.0. The minimum atomic E-state index is -0.673. The molecule has 1 aliphatic rings. The van der Waals surface area contributed by atoms with Crippen molar-refractivity contribution in [3.8, 4) is 11.5 Å². The molecule has 2 aromatic carbocycles. The number of nitrogens with zero attached hydrogens (tertiary/aromatic N) is 2. The first-order valence-corrected chi connectivity index (χ1v) is 12.0. The van der Waals surface area contributed by atoms with Crippen LogP contribution in [0.1, 0.15) is 39.2 Å². The lowest BCUT2D eigenvalue weighted by Crippen LogP contribution is -2.31. The van der Waals surface area contributed by atoms with Crippen molar-refractivity contribution in [3.63, 3.8) is 0 Å². The molecule has 4 rings (SSSR count). The predicted molar refractivity (Wildman–Crippen MR) is 139 cm³/mol. The van der Waals surface area contributed by atoms with Gasteiger partial charge < -0.3 is 24.8 Å². The van der Waals surface area contributed by atoms with Gasteiger partial charge in [-0.1, -0.05) is 37.6 Å². The summed E-state index contributed by atoms with van der Waals surface area (Å²) in [6.07, 6.45) is 1.54. The van der Waals surface area contributed by atoms with Gasteiger partial charge in [-0.15, -0.1) is 0 Å². The smallest absolute Gasteiger partial charge is 0.413 e. The third kappa shape index (κ3) is 6.90. The molecule has 198 valence electrons. The van der Waals surface area contributed by atoms with Gasteiger partial charge in [0.05, 0.1) is 18.1 Å². The second-order valence-corrected chi connectivity index (χ2v) is 8.88. The van der Waals surface area contributed by atoms with E-state index < -0.39 is 12.2 Å². The quantitative estimate of drug-likeness (QED) is 0.423. The fraction of sp³-hybridized carbons (Fsp3) is 0.385. The van der Waals surface area contributed by atoms with Gasteiger partial charge in [-0.2, -0.15) is 0 Å². The minimum Gasteiger partial charge on any atom is -0.483 e. The molecule has 37 heavy (non-hydrogen) atoms. The third-order valence-corrected chi connectivity index (χ3v) is 5.43. The summed E-state index contributed by atoms with van der Waals surface area (Å²) < 4.78 is 16.8. The molecular weight excluding hydrogens is 478 g/mol. The van der Waals surface area contributed by atoms with Crippen LogP contribution in [0.15, 0.2) is 42.5 Å². The van der Waals surface area contributed by atoms with Gasteiger partial charge in [0, 0.05) is 25.6 Å². The lowest BCUT2D eigenvalue weighted by molar-refractivity contribution is 0.133. The number of benzene rings is 2. The van der Waals surface area contributed by atoms with Crippen LogP contribution in [-0.2, 0) is 11.2 Å². The fourth-order valence-electron chi connectivity index (χ4n) is 3.73. The van der Waals surface area contributed by atoms with Crippen LogP contribution >= 0.6 is 0 Å². The summed E-state index contributed by atoms with van der Waals surface area (Å²) >= 11 is 0. The molecule has 11 heteroatoms. The molecule has 0 atom stereocenters. The number of fused-ring (bicyclic) bond motifs is 2. The molecule has 0 spiro atoms. The van der Waals surface area contributed by atoms with Crippen molar-refractivity contribution in [2.24, 2.45) is 0 Å². The first-order chi connectivity index (χ1) is 17.7. The van der Waals surface area contributed by atoms with E-state index >= 15 is 0 Å². The summed E-state index contributed by atoms with van der Waals surface area (Å²) in [5, 5.41) is 7.66. The Balaban J connectivity index is 0.000000213. The van der Waals surface area contributed by atoms with E-state index in [1.165, 1.54) is 18.7 Å². The van der Waals surface area contributed by atoms with Crippen molar-refractivity contribution in [2.75, 3.05) is 26.0 Å². The molecule has 0 saturated heterocycles. The van der Waals surface area contributed by atoms with Gasteiger partial charge in [0.15, 0.2) is 11.5 Å². The molecule has 0 unspecified atom stereocenters. The number of nitrogens with one attached hydrogen (secondary N) is 3. The van der Waals surface area contributed by atoms with Crippen molar-refractivity contribution in [1.82, 2.24) is 20.2 Å². The van der Waals surface area contributed by atoms with Crippen molar-refractivity contribution in [1.29, 1.82) is 0 Å². The monoisotopic (exact) mass is 511 g/mol. The van der Waals surface area contributed by atoms with Crippen LogP contribution < -0.4 is 25.4 Å². The van der Waals surface area contributed by atoms with Gasteiger partial charge in [-0.3, -0.25) is 5.32 Å². The van der Waals surface area contributed by atoms with Crippen molar-refractivity contribution in [3.05, 3.63) is 48.0 Å². The Morgan fingerprint density at radius 1 is 1.11 bits per heavy atom. The Morgan fingerprint density at radius 2 is 1.86 bits per heavy atom. The molecule has 0 fully saturated rings. The number of aromatic nitrogens is 2. The predicted octanol–water partition coefficient (Wildman–Crippen LogP) is 4.69. The van der Waals surface area contributed by atoms with Gasteiger partial charge in [0.1, 0.15) is 5.60 Å². The highest BCUT2D eigenvalue weighted by atomic mass is 16.6. The number of para-hydroxylation sites is 3. The largest absolute Gasteiger partial charge is 0.483 e. The van der Waals surface area contributed by atoms with E-state index in [0.29, 0.717) is 29.1 Å². The van der Waals surface area contributed by atoms with E-state index in [2.05, 4.69) is 25.7 Å². The number of carbonyl (C=O) groups excluding carboxylic acids is 3. The molecule has 0 aliphatic carbocycles. The Hall–Kier alpha value is -4.28. The zero-order valence-electron chi connectivity index (χ0n) is 21.7. The van der Waals surface area contributed by atoms with Gasteiger partial charge in [-0.05, 0) is 38.5 Å². The molecule has 1 aromatic heterocycles. The molecule has 1 aliphatic heterocycles. The Labute approximate surface area is 215 Å². The lowest BCUT2D eigenvalue weighted by atomic mass is 10.0. The van der Waals surface area contributed by atoms with Crippen LogP contribution in [0.25, 0.3) is 11.0 Å². The number of hydrogen-bond acceptors (Lipinski definition) is 7. The van der Waals surface area contributed by atoms with Gasteiger partial charge >= 0.3 is 18.2 Å². The van der Waals surface area contributed by atoms with Crippen LogP contribution in [0.5, 0.6) is 11.5 Å². The number of amides is 3. The highest BCUT2D eigenvalue weighted by Crippen LogP contribution is 2.41. The number of carbonyl (C=O) groups is 3. The molecule has 0 radical (unpaired) electrons. The van der Waals surface area contributed by atoms with Gasteiger partial charge in [-0.25, -0.2) is 23.9 Å². The number of anilines is 1. The average Bonchev–Trinajstić information content (AvgIpc) is 3.40. The number of ether oxygens (including phenoxy) is 3. The number of rotatable bonds is 5. The number of imidazole rings is 1. The van der Waals surface area contributed by atoms with E-state index in [-0.39, 0.29) is 17.6 Å². The SMILES string of the molecule is CCCCNC(=O)n1c(NC(=O)OC)nc2ccccc21.CNC(=O)Oc1cccc2c1OC(C)(C)C2. The van der Waals surface area contributed by atoms with Gasteiger partial charge in [0.25, 0.3) is 0 Å². The molecule has 2 heterocycles. The second kappa shape index (κ2) is 12.1. The molecule has 0 saturated carbocycles. The van der Waals surface area contributed by atoms with Crippen LogP contribution in [0.2, 0.25) is 0 Å². The summed E-state index contributed by atoms with van der Waals surface area (Å²) in [4.78, 5) is 39.1. The van der Waals surface area contributed by atoms with E-state index in [1.807, 2.05) is 45.0 Å². The minimum absolute atomic E-state index is 0.136. The Morgan fingerprint density at radius 3 is 2.57 bits per heavy atom. The van der Waals surface area contributed by atoms with Crippen LogP contribution in [0.3, 0.4) is 0 Å². The van der Waals surface area contributed by atoms with Crippen LogP contribution in [-0.4, -0.2) is 54.1 Å². The molecule has 0 bridgehead atoms. The topological polar surface area (TPSA) is 133 Å². The van der Waals surface area contributed by atoms with E-state index in [4.69, 9.17) is 9.47 Å². The van der Waals surface area contributed by atoms with Crippen LogP contribution in [0.4, 0.5) is 20.3 Å². The molecule has 3 N–H and O–H groups in total. The summed E-state index contributed by atoms with van der Waals surface area (Å²) in [5.41, 5.74) is 2.09. The van der Waals surface area contributed by atoms with E-state index in [9.17, 15) is 14.4 Å². The summed E-state index contributed by atoms with van der Waals surface area (Å²) in [6, 6.07) is 12.4. The maximum absolute atomic E-state index is 12.3. The van der Waals surface area contributed by atoms with E-state index in [1.54, 1.807) is 18.2 Å². The second-order valence-electron chi connectivity index (χ2n) is 8.88. The Kier molecular flexibility index (Phi) is 8.94. The Bertz CT molecular complexity index is 1270. The average molecular weight is 512 g/mol. The zero-order valence-corrected chi connectivity index (χ0v) is 21.7. The maximum Gasteiger partial charge on any atom is 0.413 e. The molecule has 11 nitrogen and oxygen atoms in total. The van der Waals surface area contributed by atoms with Crippen molar-refractivity contribution < 1.29 is 28.6 Å². The van der Waals surface area contributed by atoms with Gasteiger partial charge in [0.2, 0.25) is 5.95 Å². The zero-order chi connectivity index (χ0) is 27.0. The van der Waals surface area contributed by atoms with Crippen molar-refractivity contribution >= 4 is 35.2 Å². The van der Waals surface area contributed by atoms with Crippen molar-refractivity contribution in [2.45, 2.75) is 45.6 Å². The number of unbranched alkanes of at least 4 members (excludes halogenated alkanes) is 1. The lowest BCUT2D eigenvalue weighted by Gasteiger charge is -2.17. The number of methoxy groups -OCH3 is 1. The highest BCUT2D eigenvalue weighted by molar-refractivity contribution is 5.96. The molecular formula is C26H33N5O6. The first kappa shape index (κ1) is 27.3. The van der Waals surface area contributed by atoms with E-state index in [0.717, 1.165) is 24.8 Å². The normalized spacial score (nSPS) is 12.9. The number of hydrogen-bond donors (Lipinski definition) is 3. The van der Waals surface area contributed by atoms with Crippen LogP contribution in [0, 0.1) is 0 Å². The maximum atomic E-state index is 12.3. The summed E-state index contributed by atoms with van der Waals surface area (Å²) in [5.74, 6) is 1.29. The summed E-state index contributed by atoms with van der Waals surface area (Å²) in [7, 11) is 2.78. The summed E-state index contributed by atoms with van der Waals surface area (Å²) in [6.45, 7) is 6.63.